The molecule has 1 saturated heterocycles. The Morgan fingerprint density at radius 1 is 1.05 bits per heavy atom. The highest BCUT2D eigenvalue weighted by atomic mass is 16.3. The van der Waals surface area contributed by atoms with E-state index >= 15 is 0 Å². The van der Waals surface area contributed by atoms with Gasteiger partial charge in [-0.25, -0.2) is 0 Å². The molecule has 0 bridgehead atoms. The molecule has 3 atom stereocenters. The maximum absolute atomic E-state index is 10.5. The number of likely N-dealkylation sites (tertiary alicyclic amines) is 1. The fourth-order valence-electron chi connectivity index (χ4n) is 3.87. The molecule has 3 nitrogen and oxygen atoms in total. The van der Waals surface area contributed by atoms with Gasteiger partial charge in [0.1, 0.15) is 6.23 Å². The molecule has 0 aromatic rings. The van der Waals surface area contributed by atoms with Crippen LogP contribution in [0.3, 0.4) is 0 Å². The molecule has 2 aliphatic rings. The van der Waals surface area contributed by atoms with Crippen molar-refractivity contribution >= 4 is 0 Å². The summed E-state index contributed by atoms with van der Waals surface area (Å²) in [7, 11) is 0. The lowest BCUT2D eigenvalue weighted by Gasteiger charge is -2.37. The van der Waals surface area contributed by atoms with Gasteiger partial charge in [0.15, 0.2) is 0 Å². The van der Waals surface area contributed by atoms with E-state index in [0.29, 0.717) is 12.0 Å². The summed E-state index contributed by atoms with van der Waals surface area (Å²) >= 11 is 0. The Labute approximate surface area is 118 Å². The number of nitrogens with zero attached hydrogens (tertiary/aromatic N) is 1. The van der Waals surface area contributed by atoms with Gasteiger partial charge in [-0.05, 0) is 38.0 Å². The topological polar surface area (TPSA) is 43.7 Å². The molecular formula is C16H31NO2. The van der Waals surface area contributed by atoms with Crippen molar-refractivity contribution < 1.29 is 10.2 Å². The highest BCUT2D eigenvalue weighted by Gasteiger charge is 2.36. The van der Waals surface area contributed by atoms with Gasteiger partial charge in [-0.1, -0.05) is 39.0 Å². The van der Waals surface area contributed by atoms with Crippen molar-refractivity contribution in [1.29, 1.82) is 0 Å². The van der Waals surface area contributed by atoms with Crippen LogP contribution in [0.25, 0.3) is 0 Å². The van der Waals surface area contributed by atoms with Gasteiger partial charge in [-0.15, -0.1) is 0 Å². The zero-order valence-electron chi connectivity index (χ0n) is 12.4. The van der Waals surface area contributed by atoms with E-state index < -0.39 is 12.3 Å². The van der Waals surface area contributed by atoms with Gasteiger partial charge in [0, 0.05) is 12.6 Å². The van der Waals surface area contributed by atoms with Crippen molar-refractivity contribution in [1.82, 2.24) is 4.90 Å². The summed E-state index contributed by atoms with van der Waals surface area (Å²) in [6.45, 7) is 3.17. The van der Waals surface area contributed by atoms with Gasteiger partial charge >= 0.3 is 0 Å². The first-order valence-corrected chi connectivity index (χ1v) is 8.36. The Balaban J connectivity index is 1.87. The summed E-state index contributed by atoms with van der Waals surface area (Å²) in [5, 5.41) is 21.0. The number of hydrogen-bond donors (Lipinski definition) is 2. The highest BCUT2D eigenvalue weighted by molar-refractivity contribution is 4.86. The zero-order valence-corrected chi connectivity index (χ0v) is 12.4. The van der Waals surface area contributed by atoms with Crippen molar-refractivity contribution in [3.8, 4) is 0 Å². The fourth-order valence-corrected chi connectivity index (χ4v) is 3.87. The van der Waals surface area contributed by atoms with E-state index in [2.05, 4.69) is 11.8 Å². The van der Waals surface area contributed by atoms with Gasteiger partial charge < -0.3 is 10.2 Å². The Kier molecular flexibility index (Phi) is 6.11. The first kappa shape index (κ1) is 15.3. The molecule has 1 saturated carbocycles. The lowest BCUT2D eigenvalue weighted by atomic mass is 9.84. The van der Waals surface area contributed by atoms with Crippen LogP contribution in [-0.4, -0.2) is 40.0 Å². The van der Waals surface area contributed by atoms with E-state index in [9.17, 15) is 10.2 Å². The van der Waals surface area contributed by atoms with Crippen LogP contribution in [0.4, 0.5) is 0 Å². The smallest absolute Gasteiger partial charge is 0.134 e. The Hall–Kier alpha value is -0.120. The molecule has 3 unspecified atom stereocenters. The van der Waals surface area contributed by atoms with Crippen molar-refractivity contribution in [3.63, 3.8) is 0 Å². The number of aliphatic hydroxyl groups is 2. The van der Waals surface area contributed by atoms with E-state index in [1.165, 1.54) is 51.4 Å². The lowest BCUT2D eigenvalue weighted by Crippen LogP contribution is -2.49. The third-order valence-corrected chi connectivity index (χ3v) is 5.09. The molecule has 1 aliphatic carbocycles. The van der Waals surface area contributed by atoms with Crippen molar-refractivity contribution in [3.05, 3.63) is 0 Å². The number of aliphatic hydroxyl groups excluding tert-OH is 2. The fraction of sp³-hybridized carbons (Fsp3) is 1.00. The van der Waals surface area contributed by atoms with Crippen molar-refractivity contribution in [2.45, 2.75) is 89.5 Å². The van der Waals surface area contributed by atoms with Crippen LogP contribution in [0, 0.1) is 5.92 Å². The molecule has 19 heavy (non-hydrogen) atoms. The predicted octanol–water partition coefficient (Wildman–Crippen LogP) is 2.90. The number of hydrogen-bond acceptors (Lipinski definition) is 3. The van der Waals surface area contributed by atoms with E-state index in [1.54, 1.807) is 0 Å². The van der Waals surface area contributed by atoms with Crippen LogP contribution in [0.5, 0.6) is 0 Å². The molecule has 2 N–H and O–H groups in total. The highest BCUT2D eigenvalue weighted by Crippen LogP contribution is 2.31. The van der Waals surface area contributed by atoms with Gasteiger partial charge in [-0.3, -0.25) is 4.90 Å². The summed E-state index contributed by atoms with van der Waals surface area (Å²) in [6, 6.07) is 0.494. The molecule has 0 aromatic carbocycles. The van der Waals surface area contributed by atoms with Gasteiger partial charge in [0.2, 0.25) is 0 Å². The minimum Gasteiger partial charge on any atom is -0.389 e. The largest absolute Gasteiger partial charge is 0.389 e. The average Bonchev–Trinajstić information content (AvgIpc) is 2.92. The second-order valence-electron chi connectivity index (χ2n) is 6.48. The standard InChI is InChI=1S/C16H31NO2/c1-2-3-10-14-11-7-12-17(14)16(19)15(18)13-8-5-4-6-9-13/h13-16,18-19H,2-12H2,1H3. The third kappa shape index (κ3) is 3.93. The van der Waals surface area contributed by atoms with E-state index in [-0.39, 0.29) is 0 Å². The Morgan fingerprint density at radius 3 is 2.47 bits per heavy atom. The first-order valence-electron chi connectivity index (χ1n) is 8.36. The van der Waals surface area contributed by atoms with Crippen molar-refractivity contribution in [2.24, 2.45) is 5.92 Å². The molecule has 112 valence electrons. The minimum atomic E-state index is -0.632. The van der Waals surface area contributed by atoms with Crippen LogP contribution in [0.2, 0.25) is 0 Å². The van der Waals surface area contributed by atoms with Crippen LogP contribution in [-0.2, 0) is 0 Å². The Morgan fingerprint density at radius 2 is 1.79 bits per heavy atom. The predicted molar refractivity (Wildman–Crippen MR) is 77.8 cm³/mol. The van der Waals surface area contributed by atoms with Gasteiger partial charge in [0.25, 0.3) is 0 Å². The van der Waals surface area contributed by atoms with Crippen LogP contribution in [0.1, 0.15) is 71.1 Å². The second-order valence-corrected chi connectivity index (χ2v) is 6.48. The summed E-state index contributed by atoms with van der Waals surface area (Å²) in [5.41, 5.74) is 0. The summed E-state index contributed by atoms with van der Waals surface area (Å²) in [4.78, 5) is 2.18. The summed E-state index contributed by atoms with van der Waals surface area (Å²) in [5.74, 6) is 0.316. The van der Waals surface area contributed by atoms with Crippen LogP contribution in [0.15, 0.2) is 0 Å². The maximum Gasteiger partial charge on any atom is 0.134 e. The molecule has 0 spiro atoms. The minimum absolute atomic E-state index is 0.316. The number of rotatable bonds is 6. The molecule has 1 aliphatic heterocycles. The second kappa shape index (κ2) is 7.61. The molecular weight excluding hydrogens is 238 g/mol. The lowest BCUT2D eigenvalue weighted by molar-refractivity contribution is -0.115. The van der Waals surface area contributed by atoms with Crippen LogP contribution >= 0.6 is 0 Å². The zero-order chi connectivity index (χ0) is 13.7. The molecule has 0 radical (unpaired) electrons. The number of unbranched alkanes of at least 4 members (excludes halogenated alkanes) is 1. The van der Waals surface area contributed by atoms with E-state index in [0.717, 1.165) is 19.4 Å². The Bertz CT molecular complexity index is 253. The molecule has 0 amide bonds. The van der Waals surface area contributed by atoms with Crippen LogP contribution < -0.4 is 0 Å². The monoisotopic (exact) mass is 269 g/mol. The SMILES string of the molecule is CCCCC1CCCN1C(O)C(O)C1CCCCC1. The van der Waals surface area contributed by atoms with E-state index in [4.69, 9.17) is 0 Å². The maximum atomic E-state index is 10.5. The van der Waals surface area contributed by atoms with Crippen molar-refractivity contribution in [2.75, 3.05) is 6.54 Å². The normalized spacial score (nSPS) is 29.5. The van der Waals surface area contributed by atoms with Gasteiger partial charge in [-0.2, -0.15) is 0 Å². The summed E-state index contributed by atoms with van der Waals surface area (Å²) < 4.78 is 0. The third-order valence-electron chi connectivity index (χ3n) is 5.09. The van der Waals surface area contributed by atoms with E-state index in [1.807, 2.05) is 0 Å². The molecule has 1 heterocycles. The average molecular weight is 269 g/mol. The van der Waals surface area contributed by atoms with Gasteiger partial charge in [0.05, 0.1) is 6.10 Å². The molecule has 0 aromatic heterocycles. The molecule has 2 rings (SSSR count). The first-order chi connectivity index (χ1) is 9.24. The molecule has 3 heteroatoms. The summed E-state index contributed by atoms with van der Waals surface area (Å²) in [6.07, 6.45) is 10.7. The molecule has 2 fully saturated rings. The quantitative estimate of drug-likeness (QED) is 0.779.